The molecule has 0 saturated carbocycles. The van der Waals surface area contributed by atoms with Crippen LogP contribution in [0.1, 0.15) is 0 Å². The van der Waals surface area contributed by atoms with Crippen molar-refractivity contribution in [3.8, 4) is 34.4 Å². The molecule has 47 heavy (non-hydrogen) atoms. The predicted molar refractivity (Wildman–Crippen MR) is 195 cm³/mol. The third-order valence-corrected chi connectivity index (χ3v) is 10.1. The Morgan fingerprint density at radius 1 is 0.426 bits per heavy atom. The van der Waals surface area contributed by atoms with Crippen molar-refractivity contribution in [3.05, 3.63) is 152 Å². The summed E-state index contributed by atoms with van der Waals surface area (Å²) in [5.74, 6) is 1.87. The fraction of sp³-hybridized carbons (Fsp3) is 0. The number of rotatable bonds is 4. The van der Waals surface area contributed by atoms with Gasteiger partial charge in [-0.25, -0.2) is 4.98 Å². The van der Waals surface area contributed by atoms with Gasteiger partial charge >= 0.3 is 0 Å². The number of fused-ring (bicyclic) bond motifs is 8. The minimum absolute atomic E-state index is 0.591. The summed E-state index contributed by atoms with van der Waals surface area (Å²) in [4.78, 5) is 16.5. The molecular formula is C41H25N5S. The van der Waals surface area contributed by atoms with E-state index in [9.17, 15) is 0 Å². The molecule has 0 N–H and O–H groups in total. The lowest BCUT2D eigenvalue weighted by Crippen LogP contribution is -2.06. The van der Waals surface area contributed by atoms with Crippen LogP contribution in [0, 0.1) is 0 Å². The highest BCUT2D eigenvalue weighted by atomic mass is 32.1. The lowest BCUT2D eigenvalue weighted by Gasteiger charge is -2.11. The van der Waals surface area contributed by atoms with E-state index in [-0.39, 0.29) is 0 Å². The van der Waals surface area contributed by atoms with Crippen LogP contribution >= 0.6 is 11.3 Å². The van der Waals surface area contributed by atoms with E-state index < -0.39 is 0 Å². The second kappa shape index (κ2) is 10.2. The second-order valence-electron chi connectivity index (χ2n) is 11.7. The molecule has 10 rings (SSSR count). The van der Waals surface area contributed by atoms with Crippen LogP contribution < -0.4 is 0 Å². The number of thiophene rings is 1. The first-order valence-electron chi connectivity index (χ1n) is 15.6. The van der Waals surface area contributed by atoms with Crippen LogP contribution in [-0.4, -0.2) is 24.1 Å². The van der Waals surface area contributed by atoms with Crippen LogP contribution in [0.4, 0.5) is 0 Å². The largest absolute Gasteiger partial charge is 0.301 e. The number of para-hydroxylation sites is 2. The predicted octanol–water partition coefficient (Wildman–Crippen LogP) is 10.6. The fourth-order valence-corrected chi connectivity index (χ4v) is 8.15. The van der Waals surface area contributed by atoms with Crippen LogP contribution in [0.25, 0.3) is 87.4 Å². The normalized spacial score (nSPS) is 11.8. The molecule has 6 heteroatoms. The van der Waals surface area contributed by atoms with Crippen molar-refractivity contribution in [2.24, 2.45) is 0 Å². The maximum absolute atomic E-state index is 5.14. The number of aromatic nitrogens is 5. The average Bonchev–Trinajstić information content (AvgIpc) is 3.78. The summed E-state index contributed by atoms with van der Waals surface area (Å²) in [6, 6.07) is 53.0. The van der Waals surface area contributed by atoms with Gasteiger partial charge in [-0.05, 0) is 36.4 Å². The topological polar surface area (TPSA) is 48.5 Å². The molecule has 5 nitrogen and oxygen atoms in total. The molecule has 0 radical (unpaired) electrons. The van der Waals surface area contributed by atoms with Crippen LogP contribution in [-0.2, 0) is 0 Å². The van der Waals surface area contributed by atoms with Gasteiger partial charge in [-0.15, -0.1) is 11.3 Å². The Morgan fingerprint density at radius 3 is 1.70 bits per heavy atom. The molecule has 10 aromatic rings. The maximum Gasteiger partial charge on any atom is 0.238 e. The number of hydrogen-bond acceptors (Lipinski definition) is 4. The number of hydrogen-bond donors (Lipinski definition) is 0. The molecule has 4 aromatic heterocycles. The van der Waals surface area contributed by atoms with Gasteiger partial charge in [0.1, 0.15) is 4.83 Å². The molecular weight excluding hydrogens is 595 g/mol. The molecule has 0 atom stereocenters. The Kier molecular flexibility index (Phi) is 5.68. The fourth-order valence-electron chi connectivity index (χ4n) is 6.90. The Balaban J connectivity index is 1.35. The molecule has 6 aromatic carbocycles. The summed E-state index contributed by atoms with van der Waals surface area (Å²) in [6.45, 7) is 0. The third-order valence-electron chi connectivity index (χ3n) is 8.98. The minimum Gasteiger partial charge on any atom is -0.301 e. The van der Waals surface area contributed by atoms with Gasteiger partial charge in [-0.3, -0.25) is 4.57 Å². The van der Waals surface area contributed by atoms with E-state index in [1.807, 2.05) is 72.0 Å². The minimum atomic E-state index is 0.591. The molecule has 0 saturated heterocycles. The Hall–Kier alpha value is -6.11. The van der Waals surface area contributed by atoms with Gasteiger partial charge in [-0.2, -0.15) is 9.97 Å². The van der Waals surface area contributed by atoms with Gasteiger partial charge in [0.2, 0.25) is 5.95 Å². The van der Waals surface area contributed by atoms with Gasteiger partial charge in [0, 0.05) is 48.4 Å². The monoisotopic (exact) mass is 619 g/mol. The molecule has 4 heterocycles. The highest BCUT2D eigenvalue weighted by Gasteiger charge is 2.22. The molecule has 0 aliphatic rings. The first kappa shape index (κ1) is 26.1. The zero-order valence-corrected chi connectivity index (χ0v) is 25.9. The second-order valence-corrected chi connectivity index (χ2v) is 12.7. The maximum atomic E-state index is 5.14. The number of benzene rings is 6. The van der Waals surface area contributed by atoms with E-state index in [0.717, 1.165) is 38.8 Å². The molecule has 0 amide bonds. The van der Waals surface area contributed by atoms with E-state index in [4.69, 9.17) is 15.0 Å². The molecule has 0 bridgehead atoms. The number of nitrogens with zero attached hydrogens (tertiary/aromatic N) is 5. The van der Waals surface area contributed by atoms with Crippen LogP contribution in [0.5, 0.6) is 0 Å². The van der Waals surface area contributed by atoms with Gasteiger partial charge in [0.05, 0.1) is 16.6 Å². The van der Waals surface area contributed by atoms with E-state index in [1.165, 1.54) is 31.1 Å². The van der Waals surface area contributed by atoms with Crippen molar-refractivity contribution in [1.29, 1.82) is 0 Å². The van der Waals surface area contributed by atoms with Gasteiger partial charge in [-0.1, -0.05) is 115 Å². The standard InChI is InChI=1S/C41H25N5S/c1-4-14-26(15-5-1)38-42-39(27-16-6-2-7-17-27)44-41(43-38)46-33-22-12-10-20-29(33)31-24-32-35(25-34(31)46)45(28-18-8-3-9-19-28)40-37(32)30-21-11-13-23-36(30)47-40/h1-25H. The van der Waals surface area contributed by atoms with Crippen molar-refractivity contribution in [2.75, 3.05) is 0 Å². The van der Waals surface area contributed by atoms with Gasteiger partial charge in [0.15, 0.2) is 11.6 Å². The van der Waals surface area contributed by atoms with E-state index in [2.05, 4.69) is 100 Å². The summed E-state index contributed by atoms with van der Waals surface area (Å²) >= 11 is 1.84. The lowest BCUT2D eigenvalue weighted by molar-refractivity contribution is 0.953. The highest BCUT2D eigenvalue weighted by molar-refractivity contribution is 7.25. The van der Waals surface area contributed by atoms with Crippen molar-refractivity contribution >= 4 is 64.3 Å². The molecule has 0 aliphatic carbocycles. The van der Waals surface area contributed by atoms with E-state index in [0.29, 0.717) is 17.6 Å². The van der Waals surface area contributed by atoms with Crippen molar-refractivity contribution in [2.45, 2.75) is 0 Å². The molecule has 0 spiro atoms. The van der Waals surface area contributed by atoms with Crippen molar-refractivity contribution in [3.63, 3.8) is 0 Å². The molecule has 0 unspecified atom stereocenters. The SMILES string of the molecule is c1ccc(-c2nc(-c3ccccc3)nc(-n3c4ccccc4c4cc5c6c7ccccc7sc6n(-c6ccccc6)c5cc43)n2)cc1. The van der Waals surface area contributed by atoms with E-state index in [1.54, 1.807) is 0 Å². The highest BCUT2D eigenvalue weighted by Crippen LogP contribution is 2.45. The summed E-state index contributed by atoms with van der Waals surface area (Å²) in [7, 11) is 0. The summed E-state index contributed by atoms with van der Waals surface area (Å²) in [5, 5.41) is 6.14. The summed E-state index contributed by atoms with van der Waals surface area (Å²) < 4.78 is 5.91. The third kappa shape index (κ3) is 3.98. The molecule has 0 fully saturated rings. The molecule has 220 valence electrons. The van der Waals surface area contributed by atoms with Gasteiger partial charge in [0.25, 0.3) is 0 Å². The Labute approximate surface area is 273 Å². The zero-order chi connectivity index (χ0) is 30.9. The van der Waals surface area contributed by atoms with Crippen LogP contribution in [0.3, 0.4) is 0 Å². The first-order chi connectivity index (χ1) is 23.3. The van der Waals surface area contributed by atoms with Crippen LogP contribution in [0.15, 0.2) is 152 Å². The summed E-state index contributed by atoms with van der Waals surface area (Å²) in [5.41, 5.74) is 6.29. The Bertz CT molecular complexity index is 2720. The average molecular weight is 620 g/mol. The first-order valence-corrected chi connectivity index (χ1v) is 16.4. The molecule has 0 aliphatic heterocycles. The van der Waals surface area contributed by atoms with Crippen molar-refractivity contribution in [1.82, 2.24) is 24.1 Å². The van der Waals surface area contributed by atoms with E-state index >= 15 is 0 Å². The van der Waals surface area contributed by atoms with Crippen LogP contribution in [0.2, 0.25) is 0 Å². The summed E-state index contributed by atoms with van der Waals surface area (Å²) in [6.07, 6.45) is 0. The zero-order valence-electron chi connectivity index (χ0n) is 25.1. The van der Waals surface area contributed by atoms with Crippen molar-refractivity contribution < 1.29 is 0 Å². The van der Waals surface area contributed by atoms with Gasteiger partial charge < -0.3 is 4.57 Å². The smallest absolute Gasteiger partial charge is 0.238 e. The Morgan fingerprint density at radius 2 is 1.00 bits per heavy atom. The lowest BCUT2D eigenvalue weighted by atomic mass is 10.1. The quantitative estimate of drug-likeness (QED) is 0.197.